The highest BCUT2D eigenvalue weighted by Crippen LogP contribution is 2.23. The van der Waals surface area contributed by atoms with Crippen molar-refractivity contribution < 1.29 is 9.59 Å². The topological polar surface area (TPSA) is 46.2 Å². The van der Waals surface area contributed by atoms with Gasteiger partial charge >= 0.3 is 0 Å². The van der Waals surface area contributed by atoms with Crippen LogP contribution in [0, 0.1) is 0 Å². The molecule has 0 atom stereocenters. The summed E-state index contributed by atoms with van der Waals surface area (Å²) in [6, 6.07) is 16.1. The summed E-state index contributed by atoms with van der Waals surface area (Å²) < 4.78 is 0. The summed E-state index contributed by atoms with van der Waals surface area (Å²) in [5.41, 5.74) is 2.10. The van der Waals surface area contributed by atoms with Gasteiger partial charge in [-0.2, -0.15) is 0 Å². The van der Waals surface area contributed by atoms with E-state index in [1.165, 1.54) is 0 Å². The maximum Gasteiger partial charge on any atom is 0.296 e. The predicted octanol–water partition coefficient (Wildman–Crippen LogP) is 3.63. The summed E-state index contributed by atoms with van der Waals surface area (Å²) in [6.45, 7) is 4.09. The lowest BCUT2D eigenvalue weighted by Gasteiger charge is -2.13. The Kier molecular flexibility index (Phi) is 4.31. The van der Waals surface area contributed by atoms with E-state index < -0.39 is 11.7 Å². The summed E-state index contributed by atoms with van der Waals surface area (Å²) in [4.78, 5) is 24.0. The molecule has 0 spiro atoms. The molecular weight excluding hydrogens is 250 g/mol. The number of ketones is 1. The van der Waals surface area contributed by atoms with Crippen molar-refractivity contribution in [2.24, 2.45) is 0 Å². The molecule has 0 fully saturated rings. The Hall–Kier alpha value is -2.42. The van der Waals surface area contributed by atoms with Crippen molar-refractivity contribution in [1.82, 2.24) is 0 Å². The minimum absolute atomic E-state index is 0.276. The van der Waals surface area contributed by atoms with Crippen molar-refractivity contribution in [2.45, 2.75) is 19.8 Å². The Morgan fingerprint density at radius 3 is 2.15 bits per heavy atom. The zero-order valence-electron chi connectivity index (χ0n) is 11.6. The van der Waals surface area contributed by atoms with Crippen LogP contribution < -0.4 is 5.32 Å². The normalized spacial score (nSPS) is 10.3. The molecule has 102 valence electrons. The number of para-hydroxylation sites is 1. The molecular formula is C17H17NO2. The first-order valence-electron chi connectivity index (χ1n) is 6.59. The first-order valence-corrected chi connectivity index (χ1v) is 6.59. The van der Waals surface area contributed by atoms with Crippen LogP contribution in [0.3, 0.4) is 0 Å². The first-order chi connectivity index (χ1) is 9.59. The Morgan fingerprint density at radius 1 is 0.900 bits per heavy atom. The molecule has 20 heavy (non-hydrogen) atoms. The standard InChI is InChI=1S/C17H17NO2/c1-12(2)14-10-6-7-11-15(14)18-17(20)16(19)13-8-4-3-5-9-13/h3-12H,1-2H3,(H,18,20). The van der Waals surface area contributed by atoms with Gasteiger partial charge in [-0.3, -0.25) is 9.59 Å². The third-order valence-electron chi connectivity index (χ3n) is 3.07. The minimum Gasteiger partial charge on any atom is -0.319 e. The molecule has 0 aromatic heterocycles. The smallest absolute Gasteiger partial charge is 0.296 e. The average Bonchev–Trinajstić information content (AvgIpc) is 2.47. The number of amides is 1. The van der Waals surface area contributed by atoms with Gasteiger partial charge in [-0.15, -0.1) is 0 Å². The van der Waals surface area contributed by atoms with Gasteiger partial charge in [0.2, 0.25) is 0 Å². The van der Waals surface area contributed by atoms with Gasteiger partial charge in [-0.1, -0.05) is 62.4 Å². The monoisotopic (exact) mass is 267 g/mol. The Labute approximate surface area is 118 Å². The fraction of sp³-hybridized carbons (Fsp3) is 0.176. The van der Waals surface area contributed by atoms with E-state index in [4.69, 9.17) is 0 Å². The van der Waals surface area contributed by atoms with Gasteiger partial charge in [0, 0.05) is 11.3 Å². The van der Waals surface area contributed by atoms with Crippen molar-refractivity contribution in [3.05, 3.63) is 65.7 Å². The lowest BCUT2D eigenvalue weighted by atomic mass is 10.0. The lowest BCUT2D eigenvalue weighted by molar-refractivity contribution is -0.112. The van der Waals surface area contributed by atoms with Gasteiger partial charge in [-0.25, -0.2) is 0 Å². The van der Waals surface area contributed by atoms with E-state index in [2.05, 4.69) is 5.32 Å². The van der Waals surface area contributed by atoms with Crippen molar-refractivity contribution in [1.29, 1.82) is 0 Å². The molecule has 0 saturated carbocycles. The maximum absolute atomic E-state index is 12.0. The van der Waals surface area contributed by atoms with Crippen LogP contribution in [0.4, 0.5) is 5.69 Å². The number of anilines is 1. The molecule has 0 aliphatic carbocycles. The number of hydrogen-bond acceptors (Lipinski definition) is 2. The summed E-state index contributed by atoms with van der Waals surface area (Å²) in [5.74, 6) is -0.855. The molecule has 1 amide bonds. The summed E-state index contributed by atoms with van der Waals surface area (Å²) in [7, 11) is 0. The van der Waals surface area contributed by atoms with E-state index in [0.717, 1.165) is 5.56 Å². The van der Waals surface area contributed by atoms with Crippen LogP contribution in [0.2, 0.25) is 0 Å². The van der Waals surface area contributed by atoms with Gasteiger partial charge in [0.25, 0.3) is 11.7 Å². The van der Waals surface area contributed by atoms with Crippen LogP contribution >= 0.6 is 0 Å². The summed E-state index contributed by atoms with van der Waals surface area (Å²) in [6.07, 6.45) is 0. The molecule has 0 saturated heterocycles. The number of rotatable bonds is 4. The van der Waals surface area contributed by atoms with Gasteiger partial charge in [-0.05, 0) is 17.5 Å². The molecule has 0 radical (unpaired) electrons. The largest absolute Gasteiger partial charge is 0.319 e. The van der Waals surface area contributed by atoms with Gasteiger partial charge < -0.3 is 5.32 Å². The van der Waals surface area contributed by atoms with Crippen LogP contribution in [0.1, 0.15) is 35.7 Å². The second-order valence-electron chi connectivity index (χ2n) is 4.89. The zero-order valence-corrected chi connectivity index (χ0v) is 11.6. The highest BCUT2D eigenvalue weighted by Gasteiger charge is 2.17. The van der Waals surface area contributed by atoms with E-state index >= 15 is 0 Å². The fourth-order valence-corrected chi connectivity index (χ4v) is 2.01. The van der Waals surface area contributed by atoms with Crippen molar-refractivity contribution in [2.75, 3.05) is 5.32 Å². The molecule has 2 rings (SSSR count). The maximum atomic E-state index is 12.0. The minimum atomic E-state index is -0.607. The quantitative estimate of drug-likeness (QED) is 0.679. The van der Waals surface area contributed by atoms with E-state index in [0.29, 0.717) is 11.3 Å². The van der Waals surface area contributed by atoms with Crippen molar-refractivity contribution in [3.63, 3.8) is 0 Å². The van der Waals surface area contributed by atoms with Crippen molar-refractivity contribution in [3.8, 4) is 0 Å². The highest BCUT2D eigenvalue weighted by atomic mass is 16.2. The molecule has 0 aliphatic heterocycles. The van der Waals surface area contributed by atoms with Crippen LogP contribution in [-0.4, -0.2) is 11.7 Å². The first kappa shape index (κ1) is 14.0. The number of Topliss-reactive ketones (excluding diaryl/α,β-unsaturated/α-hetero) is 1. The predicted molar refractivity (Wildman–Crippen MR) is 79.9 cm³/mol. The van der Waals surface area contributed by atoms with Gasteiger partial charge in [0.05, 0.1) is 0 Å². The van der Waals surface area contributed by atoms with Crippen molar-refractivity contribution >= 4 is 17.4 Å². The lowest BCUT2D eigenvalue weighted by Crippen LogP contribution is -2.23. The molecule has 0 heterocycles. The second kappa shape index (κ2) is 6.15. The number of nitrogens with one attached hydrogen (secondary N) is 1. The van der Waals surface area contributed by atoms with E-state index in [1.54, 1.807) is 24.3 Å². The van der Waals surface area contributed by atoms with E-state index in [1.807, 2.05) is 44.2 Å². The third kappa shape index (κ3) is 3.12. The third-order valence-corrected chi connectivity index (χ3v) is 3.07. The second-order valence-corrected chi connectivity index (χ2v) is 4.89. The number of carbonyl (C=O) groups is 2. The molecule has 0 unspecified atom stereocenters. The molecule has 1 N–H and O–H groups in total. The molecule has 2 aromatic carbocycles. The van der Waals surface area contributed by atoms with Gasteiger partial charge in [0.15, 0.2) is 0 Å². The van der Waals surface area contributed by atoms with Crippen LogP contribution in [0.15, 0.2) is 54.6 Å². The van der Waals surface area contributed by atoms with Crippen LogP contribution in [-0.2, 0) is 4.79 Å². The molecule has 0 aliphatic rings. The molecule has 2 aromatic rings. The van der Waals surface area contributed by atoms with Crippen LogP contribution in [0.5, 0.6) is 0 Å². The Morgan fingerprint density at radius 2 is 1.50 bits per heavy atom. The fourth-order valence-electron chi connectivity index (χ4n) is 2.01. The molecule has 3 nitrogen and oxygen atoms in total. The van der Waals surface area contributed by atoms with Gasteiger partial charge in [0.1, 0.15) is 0 Å². The Balaban J connectivity index is 2.19. The zero-order chi connectivity index (χ0) is 14.5. The average molecular weight is 267 g/mol. The number of hydrogen-bond donors (Lipinski definition) is 1. The number of benzene rings is 2. The molecule has 0 bridgehead atoms. The van der Waals surface area contributed by atoms with Crippen LogP contribution in [0.25, 0.3) is 0 Å². The SMILES string of the molecule is CC(C)c1ccccc1NC(=O)C(=O)c1ccccc1. The highest BCUT2D eigenvalue weighted by molar-refractivity contribution is 6.46. The Bertz CT molecular complexity index is 618. The number of carbonyl (C=O) groups excluding carboxylic acids is 2. The van der Waals surface area contributed by atoms with E-state index in [-0.39, 0.29) is 5.92 Å². The summed E-state index contributed by atoms with van der Waals surface area (Å²) >= 11 is 0. The molecule has 3 heteroatoms. The summed E-state index contributed by atoms with van der Waals surface area (Å²) in [5, 5.41) is 2.70. The van der Waals surface area contributed by atoms with E-state index in [9.17, 15) is 9.59 Å².